The Bertz CT molecular complexity index is 225. The lowest BCUT2D eigenvalue weighted by atomic mass is 10.0. The van der Waals surface area contributed by atoms with E-state index in [1.165, 1.54) is 25.7 Å². The van der Waals surface area contributed by atoms with E-state index < -0.39 is 0 Å². The summed E-state index contributed by atoms with van der Waals surface area (Å²) in [5.74, 6) is 0.811. The summed E-state index contributed by atoms with van der Waals surface area (Å²) in [6.07, 6.45) is 7.30. The Morgan fingerprint density at radius 3 is 2.67 bits per heavy atom. The van der Waals surface area contributed by atoms with Crippen molar-refractivity contribution in [2.24, 2.45) is 11.7 Å². The zero-order valence-corrected chi connectivity index (χ0v) is 9.94. The third-order valence-electron chi connectivity index (χ3n) is 2.87. The van der Waals surface area contributed by atoms with Gasteiger partial charge >= 0.3 is 0 Å². The van der Waals surface area contributed by atoms with Gasteiger partial charge in [0.2, 0.25) is 5.91 Å². The van der Waals surface area contributed by atoms with Crippen LogP contribution >= 0.6 is 12.2 Å². The minimum Gasteiger partial charge on any atom is -0.393 e. The van der Waals surface area contributed by atoms with Crippen molar-refractivity contribution >= 4 is 23.1 Å². The van der Waals surface area contributed by atoms with Gasteiger partial charge in [-0.1, -0.05) is 25.1 Å². The Balaban J connectivity index is 2.00. The predicted molar refractivity (Wildman–Crippen MR) is 65.6 cm³/mol. The van der Waals surface area contributed by atoms with E-state index in [-0.39, 0.29) is 5.91 Å². The minimum atomic E-state index is 0.185. The first kappa shape index (κ1) is 12.4. The molecular weight excluding hydrogens is 208 g/mol. The van der Waals surface area contributed by atoms with Crippen molar-refractivity contribution in [3.63, 3.8) is 0 Å². The Morgan fingerprint density at radius 2 is 2.07 bits per heavy atom. The largest absolute Gasteiger partial charge is 0.393 e. The third-order valence-corrected chi connectivity index (χ3v) is 3.08. The molecule has 0 aromatic carbocycles. The minimum absolute atomic E-state index is 0.185. The van der Waals surface area contributed by atoms with E-state index in [1.54, 1.807) is 0 Å². The van der Waals surface area contributed by atoms with E-state index in [1.807, 2.05) is 0 Å². The molecule has 15 heavy (non-hydrogen) atoms. The van der Waals surface area contributed by atoms with Crippen LogP contribution in [0.1, 0.15) is 44.9 Å². The van der Waals surface area contributed by atoms with Crippen LogP contribution in [0.5, 0.6) is 0 Å². The van der Waals surface area contributed by atoms with Gasteiger partial charge in [0.1, 0.15) is 0 Å². The summed E-state index contributed by atoms with van der Waals surface area (Å²) in [5.41, 5.74) is 5.36. The van der Waals surface area contributed by atoms with Crippen molar-refractivity contribution < 1.29 is 4.79 Å². The highest BCUT2D eigenvalue weighted by molar-refractivity contribution is 7.80. The van der Waals surface area contributed by atoms with E-state index in [0.29, 0.717) is 23.9 Å². The zero-order chi connectivity index (χ0) is 11.1. The standard InChI is InChI=1S/C11H20N2OS/c12-10(15)6-3-7-13-11(14)8-9-4-1-2-5-9/h9H,1-8H2,(H2,12,15)(H,13,14). The molecule has 0 atom stereocenters. The van der Waals surface area contributed by atoms with Gasteiger partial charge in [0.25, 0.3) is 0 Å². The van der Waals surface area contributed by atoms with Gasteiger partial charge in [0, 0.05) is 13.0 Å². The van der Waals surface area contributed by atoms with E-state index in [0.717, 1.165) is 12.8 Å². The summed E-state index contributed by atoms with van der Waals surface area (Å²) < 4.78 is 0. The SMILES string of the molecule is NC(=S)CCCNC(=O)CC1CCCC1. The first-order valence-electron chi connectivity index (χ1n) is 5.73. The summed E-state index contributed by atoms with van der Waals surface area (Å²) in [6.45, 7) is 0.697. The molecule has 1 amide bonds. The molecule has 1 rings (SSSR count). The highest BCUT2D eigenvalue weighted by atomic mass is 32.1. The molecule has 1 fully saturated rings. The van der Waals surface area contributed by atoms with Crippen LogP contribution in [0.3, 0.4) is 0 Å². The number of hydrogen-bond acceptors (Lipinski definition) is 2. The van der Waals surface area contributed by atoms with Gasteiger partial charge in [-0.15, -0.1) is 0 Å². The highest BCUT2D eigenvalue weighted by Gasteiger charge is 2.17. The highest BCUT2D eigenvalue weighted by Crippen LogP contribution is 2.27. The fourth-order valence-electron chi connectivity index (χ4n) is 2.04. The first-order valence-corrected chi connectivity index (χ1v) is 6.14. The van der Waals surface area contributed by atoms with Crippen molar-refractivity contribution in [3.05, 3.63) is 0 Å². The lowest BCUT2D eigenvalue weighted by Gasteiger charge is -2.09. The fraction of sp³-hybridized carbons (Fsp3) is 0.818. The van der Waals surface area contributed by atoms with E-state index >= 15 is 0 Å². The summed E-state index contributed by atoms with van der Waals surface area (Å²) in [7, 11) is 0. The van der Waals surface area contributed by atoms with E-state index in [4.69, 9.17) is 18.0 Å². The topological polar surface area (TPSA) is 55.1 Å². The molecule has 4 heteroatoms. The van der Waals surface area contributed by atoms with Crippen LogP contribution in [0, 0.1) is 5.92 Å². The lowest BCUT2D eigenvalue weighted by Crippen LogP contribution is -2.26. The third kappa shape index (κ3) is 5.72. The van der Waals surface area contributed by atoms with Gasteiger partial charge in [-0.25, -0.2) is 0 Å². The van der Waals surface area contributed by atoms with Crippen molar-refractivity contribution in [3.8, 4) is 0 Å². The molecule has 86 valence electrons. The summed E-state index contributed by atoms with van der Waals surface area (Å²) in [6, 6.07) is 0. The molecule has 0 saturated heterocycles. The Morgan fingerprint density at radius 1 is 1.40 bits per heavy atom. The molecule has 0 aliphatic heterocycles. The van der Waals surface area contributed by atoms with Crippen molar-refractivity contribution in [1.82, 2.24) is 5.32 Å². The average molecular weight is 228 g/mol. The molecule has 1 aliphatic carbocycles. The van der Waals surface area contributed by atoms with Crippen molar-refractivity contribution in [2.75, 3.05) is 6.54 Å². The molecule has 0 radical (unpaired) electrons. The predicted octanol–water partition coefficient (Wildman–Crippen LogP) is 1.75. The van der Waals surface area contributed by atoms with Gasteiger partial charge < -0.3 is 11.1 Å². The Hall–Kier alpha value is -0.640. The molecule has 1 saturated carbocycles. The van der Waals surface area contributed by atoms with Gasteiger partial charge in [-0.05, 0) is 31.6 Å². The molecule has 0 heterocycles. The molecular formula is C11H20N2OS. The van der Waals surface area contributed by atoms with Crippen LogP contribution in [0.2, 0.25) is 0 Å². The Kier molecular flexibility index (Phi) is 5.61. The van der Waals surface area contributed by atoms with E-state index in [2.05, 4.69) is 5.32 Å². The van der Waals surface area contributed by atoms with Crippen LogP contribution in [0.25, 0.3) is 0 Å². The molecule has 0 unspecified atom stereocenters. The fourth-order valence-corrected chi connectivity index (χ4v) is 2.18. The van der Waals surface area contributed by atoms with Crippen molar-refractivity contribution in [2.45, 2.75) is 44.9 Å². The summed E-state index contributed by atoms with van der Waals surface area (Å²) in [4.78, 5) is 12.0. The summed E-state index contributed by atoms with van der Waals surface area (Å²) >= 11 is 4.76. The second-order valence-electron chi connectivity index (χ2n) is 4.27. The van der Waals surface area contributed by atoms with Crippen molar-refractivity contribution in [1.29, 1.82) is 0 Å². The quantitative estimate of drug-likeness (QED) is 0.538. The molecule has 0 spiro atoms. The smallest absolute Gasteiger partial charge is 0.220 e. The molecule has 0 aromatic rings. The van der Waals surface area contributed by atoms with Crippen LogP contribution in [0.4, 0.5) is 0 Å². The molecule has 0 aromatic heterocycles. The monoisotopic (exact) mass is 228 g/mol. The average Bonchev–Trinajstić information content (AvgIpc) is 2.64. The maximum absolute atomic E-state index is 11.5. The van der Waals surface area contributed by atoms with Gasteiger partial charge in [0.05, 0.1) is 4.99 Å². The van der Waals surface area contributed by atoms with Crippen LogP contribution in [0.15, 0.2) is 0 Å². The number of carbonyl (C=O) groups excluding carboxylic acids is 1. The molecule has 0 bridgehead atoms. The number of rotatable bonds is 6. The number of nitrogens with one attached hydrogen (secondary N) is 1. The second-order valence-corrected chi connectivity index (χ2v) is 4.80. The zero-order valence-electron chi connectivity index (χ0n) is 9.13. The molecule has 3 N–H and O–H groups in total. The number of hydrogen-bond donors (Lipinski definition) is 2. The maximum atomic E-state index is 11.5. The summed E-state index contributed by atoms with van der Waals surface area (Å²) in [5, 5.41) is 2.91. The maximum Gasteiger partial charge on any atom is 0.220 e. The van der Waals surface area contributed by atoms with Crippen LogP contribution in [-0.2, 0) is 4.79 Å². The van der Waals surface area contributed by atoms with Gasteiger partial charge in [-0.2, -0.15) is 0 Å². The van der Waals surface area contributed by atoms with Gasteiger partial charge in [0.15, 0.2) is 0 Å². The number of carbonyl (C=O) groups is 1. The number of nitrogens with two attached hydrogens (primary N) is 1. The molecule has 3 nitrogen and oxygen atoms in total. The molecule has 1 aliphatic rings. The van der Waals surface area contributed by atoms with Gasteiger partial charge in [-0.3, -0.25) is 4.79 Å². The van der Waals surface area contributed by atoms with Crippen LogP contribution < -0.4 is 11.1 Å². The van der Waals surface area contributed by atoms with E-state index in [9.17, 15) is 4.79 Å². The number of amides is 1. The Labute approximate surface area is 96.8 Å². The van der Waals surface area contributed by atoms with Crippen LogP contribution in [-0.4, -0.2) is 17.4 Å². The second kappa shape index (κ2) is 6.77. The first-order chi connectivity index (χ1) is 7.18. The lowest BCUT2D eigenvalue weighted by molar-refractivity contribution is -0.121. The number of thiocarbonyl (C=S) groups is 1. The normalized spacial score (nSPS) is 16.5.